The number of anilines is 1. The Hall–Kier alpha value is -3.43. The van der Waals surface area contributed by atoms with E-state index in [1.807, 2.05) is 0 Å². The standard InChI is InChI=1S/C13H12N6O4/c1-2-23-13(22)16-12-15-10-9(11(20)21)5-8(6-19(10)17-12)18-4-3-14-7-18/h3-7H,2H2,1H3,(H,20,21)(H,16,17,22). The molecular weight excluding hydrogens is 304 g/mol. The third-order valence-corrected chi connectivity index (χ3v) is 2.94. The number of imidazole rings is 1. The van der Waals surface area contributed by atoms with E-state index in [9.17, 15) is 14.7 Å². The number of hydrogen-bond acceptors (Lipinski definition) is 6. The van der Waals surface area contributed by atoms with Gasteiger partial charge < -0.3 is 14.4 Å². The molecule has 0 saturated heterocycles. The van der Waals surface area contributed by atoms with Crippen LogP contribution in [-0.2, 0) is 4.74 Å². The summed E-state index contributed by atoms with van der Waals surface area (Å²) in [5.41, 5.74) is 0.591. The molecule has 0 bridgehead atoms. The van der Waals surface area contributed by atoms with Crippen molar-refractivity contribution in [1.29, 1.82) is 0 Å². The van der Waals surface area contributed by atoms with Crippen molar-refractivity contribution in [1.82, 2.24) is 24.1 Å². The number of pyridine rings is 1. The summed E-state index contributed by atoms with van der Waals surface area (Å²) in [5.74, 6) is -1.21. The summed E-state index contributed by atoms with van der Waals surface area (Å²) in [7, 11) is 0. The van der Waals surface area contributed by atoms with E-state index in [4.69, 9.17) is 4.74 Å². The number of aromatic carboxylic acids is 1. The molecule has 3 heterocycles. The van der Waals surface area contributed by atoms with E-state index >= 15 is 0 Å². The summed E-state index contributed by atoms with van der Waals surface area (Å²) >= 11 is 0. The fourth-order valence-corrected chi connectivity index (χ4v) is 1.99. The highest BCUT2D eigenvalue weighted by molar-refractivity contribution is 5.95. The maximum atomic E-state index is 11.5. The van der Waals surface area contributed by atoms with Gasteiger partial charge in [-0.25, -0.2) is 19.1 Å². The highest BCUT2D eigenvalue weighted by Gasteiger charge is 2.17. The van der Waals surface area contributed by atoms with Gasteiger partial charge in [0.2, 0.25) is 0 Å². The topological polar surface area (TPSA) is 124 Å². The lowest BCUT2D eigenvalue weighted by molar-refractivity contribution is 0.0698. The van der Waals surface area contributed by atoms with Crippen LogP contribution in [-0.4, -0.2) is 47.9 Å². The minimum absolute atomic E-state index is 0.0475. The lowest BCUT2D eigenvalue weighted by Crippen LogP contribution is -2.14. The molecule has 0 fully saturated rings. The molecule has 10 heteroatoms. The number of nitrogens with one attached hydrogen (secondary N) is 1. The molecule has 3 aromatic heterocycles. The number of aromatic nitrogens is 5. The SMILES string of the molecule is CCOC(=O)Nc1nc2c(C(=O)O)cc(-n3ccnc3)cn2n1. The van der Waals surface area contributed by atoms with Crippen LogP contribution in [0, 0.1) is 0 Å². The molecule has 0 aromatic carbocycles. The number of rotatable bonds is 4. The Bertz CT molecular complexity index is 870. The van der Waals surface area contributed by atoms with Gasteiger partial charge in [-0.3, -0.25) is 5.32 Å². The summed E-state index contributed by atoms with van der Waals surface area (Å²) in [5, 5.41) is 15.7. The lowest BCUT2D eigenvalue weighted by atomic mass is 10.2. The van der Waals surface area contributed by atoms with E-state index in [1.54, 1.807) is 30.1 Å². The molecule has 3 rings (SSSR count). The van der Waals surface area contributed by atoms with Crippen molar-refractivity contribution in [3.63, 3.8) is 0 Å². The first-order valence-corrected chi connectivity index (χ1v) is 6.64. The molecule has 10 nitrogen and oxygen atoms in total. The third kappa shape index (κ3) is 2.81. The first kappa shape index (κ1) is 14.5. The predicted molar refractivity (Wildman–Crippen MR) is 77.7 cm³/mol. The van der Waals surface area contributed by atoms with Gasteiger partial charge in [-0.15, -0.1) is 5.10 Å². The molecule has 0 aliphatic carbocycles. The normalized spacial score (nSPS) is 10.7. The zero-order valence-corrected chi connectivity index (χ0v) is 12.0. The number of ether oxygens (including phenoxy) is 1. The van der Waals surface area contributed by atoms with Crippen molar-refractivity contribution in [2.45, 2.75) is 6.92 Å². The highest BCUT2D eigenvalue weighted by Crippen LogP contribution is 2.17. The summed E-state index contributed by atoms with van der Waals surface area (Å²) in [6, 6.07) is 1.45. The minimum Gasteiger partial charge on any atom is -0.478 e. The van der Waals surface area contributed by atoms with Crippen molar-refractivity contribution in [3.05, 3.63) is 36.5 Å². The molecule has 0 aliphatic heterocycles. The number of carbonyl (C=O) groups is 2. The Morgan fingerprint density at radius 1 is 1.43 bits per heavy atom. The molecule has 0 radical (unpaired) electrons. The maximum absolute atomic E-state index is 11.5. The second kappa shape index (κ2) is 5.75. The summed E-state index contributed by atoms with van der Waals surface area (Å²) in [6.07, 6.45) is 5.63. The van der Waals surface area contributed by atoms with Crippen LogP contribution in [0.25, 0.3) is 11.3 Å². The number of carboxylic acids is 1. The van der Waals surface area contributed by atoms with E-state index in [0.29, 0.717) is 5.69 Å². The first-order chi connectivity index (χ1) is 11.1. The average Bonchev–Trinajstić information content (AvgIpc) is 3.14. The molecule has 1 amide bonds. The second-order valence-electron chi connectivity index (χ2n) is 4.44. The van der Waals surface area contributed by atoms with Gasteiger partial charge in [-0.2, -0.15) is 4.98 Å². The number of carbonyl (C=O) groups excluding carboxylic acids is 1. The predicted octanol–water partition coefficient (Wildman–Crippen LogP) is 1.18. The molecule has 3 aromatic rings. The van der Waals surface area contributed by atoms with E-state index in [2.05, 4.69) is 20.4 Å². The van der Waals surface area contributed by atoms with Gasteiger partial charge in [0.1, 0.15) is 5.56 Å². The average molecular weight is 316 g/mol. The van der Waals surface area contributed by atoms with Crippen molar-refractivity contribution in [3.8, 4) is 5.69 Å². The minimum atomic E-state index is -1.16. The van der Waals surface area contributed by atoms with E-state index < -0.39 is 12.1 Å². The number of fused-ring (bicyclic) bond motifs is 1. The van der Waals surface area contributed by atoms with E-state index in [-0.39, 0.29) is 23.8 Å². The molecule has 118 valence electrons. The third-order valence-electron chi connectivity index (χ3n) is 2.94. The molecule has 0 saturated carbocycles. The Morgan fingerprint density at radius 2 is 2.26 bits per heavy atom. The summed E-state index contributed by atoms with van der Waals surface area (Å²) in [6.45, 7) is 1.86. The number of nitrogens with zero attached hydrogens (tertiary/aromatic N) is 5. The van der Waals surface area contributed by atoms with Crippen molar-refractivity contribution in [2.24, 2.45) is 0 Å². The van der Waals surface area contributed by atoms with Crippen LogP contribution >= 0.6 is 0 Å². The Kier molecular flexibility index (Phi) is 3.63. The van der Waals surface area contributed by atoms with Crippen LogP contribution in [0.15, 0.2) is 31.0 Å². The monoisotopic (exact) mass is 316 g/mol. The molecule has 2 N–H and O–H groups in total. The lowest BCUT2D eigenvalue weighted by Gasteiger charge is -2.04. The van der Waals surface area contributed by atoms with Crippen LogP contribution in [0.3, 0.4) is 0 Å². The van der Waals surface area contributed by atoms with Crippen LogP contribution in [0.5, 0.6) is 0 Å². The van der Waals surface area contributed by atoms with Crippen molar-refractivity contribution >= 4 is 23.7 Å². The Morgan fingerprint density at radius 3 is 2.91 bits per heavy atom. The van der Waals surface area contributed by atoms with Crippen molar-refractivity contribution in [2.75, 3.05) is 11.9 Å². The van der Waals surface area contributed by atoms with E-state index in [1.165, 1.54) is 16.9 Å². The number of hydrogen-bond donors (Lipinski definition) is 2. The molecule has 23 heavy (non-hydrogen) atoms. The summed E-state index contributed by atoms with van der Waals surface area (Å²) in [4.78, 5) is 30.8. The molecule has 0 atom stereocenters. The molecule has 0 spiro atoms. The Labute approximate surface area is 129 Å². The van der Waals surface area contributed by atoms with Gasteiger partial charge in [0.05, 0.1) is 24.8 Å². The van der Waals surface area contributed by atoms with Gasteiger partial charge in [0, 0.05) is 12.4 Å². The summed E-state index contributed by atoms with van der Waals surface area (Å²) < 4.78 is 7.64. The van der Waals surface area contributed by atoms with Crippen LogP contribution in [0.4, 0.5) is 10.7 Å². The van der Waals surface area contributed by atoms with Crippen LogP contribution in [0.2, 0.25) is 0 Å². The first-order valence-electron chi connectivity index (χ1n) is 6.64. The largest absolute Gasteiger partial charge is 0.478 e. The highest BCUT2D eigenvalue weighted by atomic mass is 16.5. The molecular formula is C13H12N6O4. The fourth-order valence-electron chi connectivity index (χ4n) is 1.99. The van der Waals surface area contributed by atoms with Crippen LogP contribution < -0.4 is 5.32 Å². The number of carboxylic acid groups (broad SMARTS) is 1. The van der Waals surface area contributed by atoms with Gasteiger partial charge >= 0.3 is 12.1 Å². The van der Waals surface area contributed by atoms with Gasteiger partial charge in [0.25, 0.3) is 5.95 Å². The number of amides is 1. The quantitative estimate of drug-likeness (QED) is 0.740. The van der Waals surface area contributed by atoms with Crippen molar-refractivity contribution < 1.29 is 19.4 Å². The van der Waals surface area contributed by atoms with Gasteiger partial charge in [0.15, 0.2) is 5.65 Å². The van der Waals surface area contributed by atoms with Crippen LogP contribution in [0.1, 0.15) is 17.3 Å². The fraction of sp³-hybridized carbons (Fsp3) is 0.154. The van der Waals surface area contributed by atoms with E-state index in [0.717, 1.165) is 0 Å². The molecule has 0 aliphatic rings. The molecule has 0 unspecified atom stereocenters. The van der Waals surface area contributed by atoms with Gasteiger partial charge in [-0.1, -0.05) is 0 Å². The maximum Gasteiger partial charge on any atom is 0.414 e. The smallest absolute Gasteiger partial charge is 0.414 e. The second-order valence-corrected chi connectivity index (χ2v) is 4.44. The zero-order chi connectivity index (χ0) is 16.4. The zero-order valence-electron chi connectivity index (χ0n) is 12.0. The Balaban J connectivity index is 2.07. The van der Waals surface area contributed by atoms with Gasteiger partial charge in [-0.05, 0) is 13.0 Å².